The Bertz CT molecular complexity index is 409. The van der Waals surface area contributed by atoms with Crippen molar-refractivity contribution in [2.75, 3.05) is 26.4 Å². The van der Waals surface area contributed by atoms with Gasteiger partial charge in [0, 0.05) is 18.4 Å². The zero-order valence-electron chi connectivity index (χ0n) is 14.4. The van der Waals surface area contributed by atoms with Gasteiger partial charge in [0.25, 0.3) is 0 Å². The van der Waals surface area contributed by atoms with Crippen LogP contribution in [0, 0.1) is 5.41 Å². The van der Waals surface area contributed by atoms with Crippen LogP contribution in [0.15, 0.2) is 12.2 Å². The van der Waals surface area contributed by atoms with Gasteiger partial charge in [-0.15, -0.1) is 0 Å². The summed E-state index contributed by atoms with van der Waals surface area (Å²) in [4.78, 5) is 30.9. The van der Waals surface area contributed by atoms with Crippen LogP contribution in [0.2, 0.25) is 0 Å². The number of aliphatic hydroxyl groups is 3. The topological polar surface area (TPSA) is 162 Å². The molecule has 10 heteroatoms. The van der Waals surface area contributed by atoms with Crippen molar-refractivity contribution in [1.82, 2.24) is 0 Å². The second-order valence-corrected chi connectivity index (χ2v) is 5.68. The van der Waals surface area contributed by atoms with Crippen molar-refractivity contribution >= 4 is 69.3 Å². The zero-order valence-corrected chi connectivity index (χ0v) is 14.4. The molecular formula is C16H29KO9. The number of aliphatic carboxylic acids is 2. The van der Waals surface area contributed by atoms with Crippen molar-refractivity contribution in [2.45, 2.75) is 39.0 Å². The fourth-order valence-corrected chi connectivity index (χ4v) is 1.36. The van der Waals surface area contributed by atoms with Crippen molar-refractivity contribution in [3.63, 3.8) is 0 Å². The molecule has 0 saturated carbocycles. The summed E-state index contributed by atoms with van der Waals surface area (Å²) in [7, 11) is 0. The predicted molar refractivity (Wildman–Crippen MR) is 95.0 cm³/mol. The van der Waals surface area contributed by atoms with Crippen LogP contribution in [0.3, 0.4) is 0 Å². The molecule has 148 valence electrons. The van der Waals surface area contributed by atoms with Gasteiger partial charge in [-0.25, -0.2) is 4.79 Å². The number of hydrogen-bond acceptors (Lipinski definition) is 7. The van der Waals surface area contributed by atoms with Gasteiger partial charge in [0.1, 0.15) is 6.61 Å². The average Bonchev–Trinajstić information content (AvgIpc) is 2.56. The molecule has 0 aliphatic carbocycles. The maximum absolute atomic E-state index is 11.0. The molecular weight excluding hydrogens is 375 g/mol. The Morgan fingerprint density at radius 1 is 0.885 bits per heavy atom. The van der Waals surface area contributed by atoms with Crippen LogP contribution < -0.4 is 0 Å². The summed E-state index contributed by atoms with van der Waals surface area (Å²) >= 11 is 0. The van der Waals surface area contributed by atoms with Gasteiger partial charge in [0.05, 0.1) is 25.2 Å². The molecule has 0 aromatic rings. The first-order valence-corrected chi connectivity index (χ1v) is 7.73. The zero-order chi connectivity index (χ0) is 19.9. The first-order chi connectivity index (χ1) is 11.6. The van der Waals surface area contributed by atoms with Crippen LogP contribution in [-0.4, -0.2) is 121 Å². The summed E-state index contributed by atoms with van der Waals surface area (Å²) in [6, 6.07) is 0. The fourth-order valence-electron chi connectivity index (χ4n) is 1.36. The Morgan fingerprint density at radius 3 is 1.54 bits per heavy atom. The van der Waals surface area contributed by atoms with E-state index in [1.54, 1.807) is 0 Å². The van der Waals surface area contributed by atoms with E-state index < -0.39 is 43.1 Å². The molecule has 0 spiro atoms. The Balaban J connectivity index is -0.000000402. The van der Waals surface area contributed by atoms with Crippen molar-refractivity contribution in [2.24, 2.45) is 5.41 Å². The predicted octanol–water partition coefficient (Wildman–Crippen LogP) is -0.473. The molecule has 0 amide bonds. The summed E-state index contributed by atoms with van der Waals surface area (Å²) in [5.41, 5.74) is -0.946. The second-order valence-electron chi connectivity index (χ2n) is 5.68. The van der Waals surface area contributed by atoms with Crippen LogP contribution in [0.1, 0.15) is 39.0 Å². The van der Waals surface area contributed by atoms with Crippen LogP contribution in [-0.2, 0) is 19.1 Å². The molecule has 0 aromatic carbocycles. The van der Waals surface area contributed by atoms with Crippen molar-refractivity contribution < 1.29 is 44.7 Å². The summed E-state index contributed by atoms with van der Waals surface area (Å²) in [5, 5.41) is 43.1. The number of unbranched alkanes of at least 4 members (excludes halogenated alkanes) is 2. The van der Waals surface area contributed by atoms with E-state index in [9.17, 15) is 14.4 Å². The standard InChI is InChI=1S/C9H16O5.C7H12O4.K.H/c1-7(2)8(13)14-6-9(3-10,4-11)5-12;8-6(9)4-2-1-3-5-7(10)11;;/h10-12H,1,3-6H2,2H3;1-5H2,(H,8,9)(H,10,11);;. The SMILES string of the molecule is C=C(C)C(=O)OCC(CO)(CO)CO.O=C(O)CCCCCC(=O)O.[KH]. The molecule has 0 rings (SSSR count). The van der Waals surface area contributed by atoms with Crippen molar-refractivity contribution in [3.8, 4) is 0 Å². The third-order valence-electron chi connectivity index (χ3n) is 3.15. The summed E-state index contributed by atoms with van der Waals surface area (Å²) in [5.74, 6) is -2.25. The van der Waals surface area contributed by atoms with E-state index in [1.807, 2.05) is 0 Å². The normalized spacial score (nSPS) is 10.0. The Morgan fingerprint density at radius 2 is 1.27 bits per heavy atom. The number of rotatable bonds is 12. The number of esters is 1. The molecule has 0 unspecified atom stereocenters. The Labute approximate surface area is 195 Å². The molecule has 0 bridgehead atoms. The summed E-state index contributed by atoms with van der Waals surface area (Å²) in [6.45, 7) is 3.26. The van der Waals surface area contributed by atoms with Crippen LogP contribution in [0.4, 0.5) is 0 Å². The monoisotopic (exact) mass is 404 g/mol. The Kier molecular flexibility index (Phi) is 21.1. The molecule has 0 radical (unpaired) electrons. The maximum atomic E-state index is 11.0. The number of hydrogen-bond donors (Lipinski definition) is 5. The molecule has 0 aliphatic rings. The summed E-state index contributed by atoms with van der Waals surface area (Å²) in [6.07, 6.45) is 2.10. The molecule has 0 fully saturated rings. The van der Waals surface area contributed by atoms with Crippen LogP contribution >= 0.6 is 0 Å². The van der Waals surface area contributed by atoms with Gasteiger partial charge in [0.15, 0.2) is 0 Å². The van der Waals surface area contributed by atoms with Gasteiger partial charge >= 0.3 is 69.3 Å². The minimum atomic E-state index is -1.18. The molecule has 0 atom stereocenters. The third kappa shape index (κ3) is 17.1. The van der Waals surface area contributed by atoms with Gasteiger partial charge in [-0.3, -0.25) is 9.59 Å². The fraction of sp³-hybridized carbons (Fsp3) is 0.688. The van der Waals surface area contributed by atoms with E-state index in [2.05, 4.69) is 6.58 Å². The van der Waals surface area contributed by atoms with Crippen LogP contribution in [0.5, 0.6) is 0 Å². The number of carbonyl (C=O) groups is 3. The molecule has 26 heavy (non-hydrogen) atoms. The number of carboxylic acids is 2. The van der Waals surface area contributed by atoms with E-state index in [0.717, 1.165) is 0 Å². The number of ether oxygens (including phenoxy) is 1. The van der Waals surface area contributed by atoms with Crippen LogP contribution in [0.25, 0.3) is 0 Å². The van der Waals surface area contributed by atoms with E-state index in [-0.39, 0.29) is 76.4 Å². The molecule has 0 aliphatic heterocycles. The van der Waals surface area contributed by atoms with E-state index in [0.29, 0.717) is 19.3 Å². The van der Waals surface area contributed by atoms with E-state index in [1.165, 1.54) is 6.92 Å². The first-order valence-electron chi connectivity index (χ1n) is 7.73. The van der Waals surface area contributed by atoms with Gasteiger partial charge in [0.2, 0.25) is 0 Å². The molecule has 0 aromatic heterocycles. The Hall–Kier alpha value is -0.334. The average molecular weight is 404 g/mol. The third-order valence-corrected chi connectivity index (χ3v) is 3.15. The quantitative estimate of drug-likeness (QED) is 0.125. The van der Waals surface area contributed by atoms with E-state index >= 15 is 0 Å². The van der Waals surface area contributed by atoms with Gasteiger partial charge in [-0.2, -0.15) is 0 Å². The minimum absolute atomic E-state index is 0. The first kappa shape index (κ1) is 30.4. The second kappa shape index (κ2) is 18.0. The number of aliphatic hydroxyl groups excluding tert-OH is 3. The number of carboxylic acid groups (broad SMARTS) is 2. The van der Waals surface area contributed by atoms with Gasteiger partial charge < -0.3 is 30.3 Å². The molecule has 0 saturated heterocycles. The summed E-state index contributed by atoms with van der Waals surface area (Å²) < 4.78 is 4.72. The molecule has 5 N–H and O–H groups in total. The molecule has 0 heterocycles. The van der Waals surface area contributed by atoms with E-state index in [4.69, 9.17) is 30.3 Å². The van der Waals surface area contributed by atoms with Crippen molar-refractivity contribution in [3.05, 3.63) is 12.2 Å². The molecule has 9 nitrogen and oxygen atoms in total. The van der Waals surface area contributed by atoms with Gasteiger partial charge in [-0.1, -0.05) is 13.0 Å². The van der Waals surface area contributed by atoms with Crippen molar-refractivity contribution in [1.29, 1.82) is 0 Å². The number of carbonyl (C=O) groups excluding carboxylic acids is 1. The van der Waals surface area contributed by atoms with Gasteiger partial charge in [-0.05, 0) is 19.8 Å².